The number of aromatic nitrogens is 3. The molecule has 0 bridgehead atoms. The number of hydrogen-bond acceptors (Lipinski definition) is 5. The van der Waals surface area contributed by atoms with E-state index in [4.69, 9.17) is 9.40 Å². The number of nitrogens with zero attached hydrogens (tertiary/aromatic N) is 3. The number of imidazole rings is 1. The van der Waals surface area contributed by atoms with Crippen LogP contribution in [0.3, 0.4) is 0 Å². The minimum Gasteiger partial charge on any atom is -0.462 e. The molecule has 0 radical (unpaired) electrons. The summed E-state index contributed by atoms with van der Waals surface area (Å²) in [5, 5.41) is 5.70. The standard InChI is InChI=1S/C23H18N4O2S/c1-15-7-5-11-27-21(15)26-20(16-8-3-2-4-9-16)22(27)25-19(28)13-17-14-30-23(24-17)18-10-6-12-29-18/h2-12,14H,13H2,1H3,(H,25,28). The summed E-state index contributed by atoms with van der Waals surface area (Å²) in [6.07, 6.45) is 3.70. The maximum absolute atomic E-state index is 12.9. The second-order valence-electron chi connectivity index (χ2n) is 6.91. The molecule has 0 aliphatic carbocycles. The highest BCUT2D eigenvalue weighted by atomic mass is 32.1. The fourth-order valence-corrected chi connectivity index (χ4v) is 4.15. The van der Waals surface area contributed by atoms with Crippen molar-refractivity contribution in [3.8, 4) is 22.0 Å². The minimum atomic E-state index is -0.146. The third kappa shape index (κ3) is 3.40. The van der Waals surface area contributed by atoms with Crippen LogP contribution in [-0.2, 0) is 11.2 Å². The lowest BCUT2D eigenvalue weighted by atomic mass is 10.1. The molecule has 5 aromatic rings. The smallest absolute Gasteiger partial charge is 0.231 e. The van der Waals surface area contributed by atoms with Crippen molar-refractivity contribution in [2.24, 2.45) is 0 Å². The van der Waals surface area contributed by atoms with Crippen LogP contribution in [0.25, 0.3) is 27.7 Å². The van der Waals surface area contributed by atoms with E-state index < -0.39 is 0 Å². The van der Waals surface area contributed by atoms with Crippen LogP contribution >= 0.6 is 11.3 Å². The lowest BCUT2D eigenvalue weighted by molar-refractivity contribution is -0.115. The molecule has 0 fully saturated rings. The summed E-state index contributed by atoms with van der Waals surface area (Å²) in [5.74, 6) is 1.22. The Kier molecular flexibility index (Phi) is 4.65. The number of anilines is 1. The van der Waals surface area contributed by atoms with Crippen molar-refractivity contribution in [1.82, 2.24) is 14.4 Å². The van der Waals surface area contributed by atoms with Gasteiger partial charge < -0.3 is 9.73 Å². The summed E-state index contributed by atoms with van der Waals surface area (Å²) in [7, 11) is 0. The molecule has 0 aliphatic heterocycles. The number of carbonyl (C=O) groups is 1. The predicted octanol–water partition coefficient (Wildman–Crippen LogP) is 5.21. The zero-order valence-corrected chi connectivity index (χ0v) is 17.0. The van der Waals surface area contributed by atoms with Gasteiger partial charge in [0.2, 0.25) is 5.91 Å². The highest BCUT2D eigenvalue weighted by Gasteiger charge is 2.18. The molecule has 30 heavy (non-hydrogen) atoms. The first-order valence-corrected chi connectivity index (χ1v) is 10.4. The van der Waals surface area contributed by atoms with E-state index in [1.807, 2.05) is 77.5 Å². The van der Waals surface area contributed by atoms with E-state index >= 15 is 0 Å². The monoisotopic (exact) mass is 414 g/mol. The molecule has 1 amide bonds. The van der Waals surface area contributed by atoms with Gasteiger partial charge in [-0.3, -0.25) is 9.20 Å². The summed E-state index contributed by atoms with van der Waals surface area (Å²) in [5.41, 5.74) is 4.26. The van der Waals surface area contributed by atoms with Crippen molar-refractivity contribution in [1.29, 1.82) is 0 Å². The Balaban J connectivity index is 1.46. The SMILES string of the molecule is Cc1cccn2c(NC(=O)Cc3csc(-c4ccco4)n3)c(-c3ccccc3)nc12. The zero-order valence-electron chi connectivity index (χ0n) is 16.2. The van der Waals surface area contributed by atoms with E-state index in [0.29, 0.717) is 17.3 Å². The molecule has 0 spiro atoms. The quantitative estimate of drug-likeness (QED) is 0.429. The van der Waals surface area contributed by atoms with Crippen molar-refractivity contribution >= 4 is 28.7 Å². The normalized spacial score (nSPS) is 11.1. The van der Waals surface area contributed by atoms with Crippen LogP contribution in [0.2, 0.25) is 0 Å². The number of hydrogen-bond donors (Lipinski definition) is 1. The number of furan rings is 1. The van der Waals surface area contributed by atoms with E-state index in [-0.39, 0.29) is 12.3 Å². The molecule has 148 valence electrons. The topological polar surface area (TPSA) is 72.4 Å². The fraction of sp³-hybridized carbons (Fsp3) is 0.0870. The molecular formula is C23H18N4O2S. The van der Waals surface area contributed by atoms with Crippen molar-refractivity contribution in [3.63, 3.8) is 0 Å². The van der Waals surface area contributed by atoms with Gasteiger partial charge in [-0.05, 0) is 30.7 Å². The Morgan fingerprint density at radius 2 is 1.97 bits per heavy atom. The minimum absolute atomic E-state index is 0.146. The molecule has 0 saturated carbocycles. The van der Waals surface area contributed by atoms with E-state index in [0.717, 1.165) is 27.5 Å². The number of nitrogens with one attached hydrogen (secondary N) is 1. The van der Waals surface area contributed by atoms with E-state index in [1.54, 1.807) is 6.26 Å². The summed E-state index contributed by atoms with van der Waals surface area (Å²) >= 11 is 1.46. The third-order valence-corrected chi connectivity index (χ3v) is 5.68. The van der Waals surface area contributed by atoms with Gasteiger partial charge in [-0.15, -0.1) is 11.3 Å². The molecule has 0 saturated heterocycles. The summed E-state index contributed by atoms with van der Waals surface area (Å²) < 4.78 is 7.30. The van der Waals surface area contributed by atoms with Crippen LogP contribution in [0.1, 0.15) is 11.3 Å². The Morgan fingerprint density at radius 3 is 2.77 bits per heavy atom. The molecule has 0 atom stereocenters. The maximum atomic E-state index is 12.9. The lowest BCUT2D eigenvalue weighted by Crippen LogP contribution is -2.16. The molecule has 4 aromatic heterocycles. The Labute approximate surface area is 176 Å². The number of rotatable bonds is 5. The van der Waals surface area contributed by atoms with Gasteiger partial charge in [0.1, 0.15) is 17.2 Å². The molecular weight excluding hydrogens is 396 g/mol. The van der Waals surface area contributed by atoms with Crippen LogP contribution in [0.5, 0.6) is 0 Å². The number of benzene rings is 1. The highest BCUT2D eigenvalue weighted by Crippen LogP contribution is 2.30. The molecule has 1 aromatic carbocycles. The first kappa shape index (κ1) is 18.3. The van der Waals surface area contributed by atoms with Gasteiger partial charge in [-0.2, -0.15) is 0 Å². The van der Waals surface area contributed by atoms with Gasteiger partial charge in [0.15, 0.2) is 10.8 Å². The van der Waals surface area contributed by atoms with Crippen LogP contribution in [-0.4, -0.2) is 20.3 Å². The van der Waals surface area contributed by atoms with Gasteiger partial charge in [-0.1, -0.05) is 36.4 Å². The van der Waals surface area contributed by atoms with Crippen LogP contribution in [0, 0.1) is 6.92 Å². The van der Waals surface area contributed by atoms with Gasteiger partial charge >= 0.3 is 0 Å². The average molecular weight is 414 g/mol. The molecule has 0 aliphatic rings. The first-order chi connectivity index (χ1) is 14.7. The van der Waals surface area contributed by atoms with E-state index in [2.05, 4.69) is 10.3 Å². The molecule has 6 nitrogen and oxygen atoms in total. The second-order valence-corrected chi connectivity index (χ2v) is 7.76. The summed E-state index contributed by atoms with van der Waals surface area (Å²) in [6, 6.07) is 17.5. The van der Waals surface area contributed by atoms with Gasteiger partial charge in [0.25, 0.3) is 0 Å². The largest absolute Gasteiger partial charge is 0.462 e. The van der Waals surface area contributed by atoms with Gasteiger partial charge in [-0.25, -0.2) is 9.97 Å². The predicted molar refractivity (Wildman–Crippen MR) is 118 cm³/mol. The molecule has 0 unspecified atom stereocenters. The van der Waals surface area contributed by atoms with Gasteiger partial charge in [0, 0.05) is 17.1 Å². The average Bonchev–Trinajstić information content (AvgIpc) is 3.50. The number of fused-ring (bicyclic) bond motifs is 1. The second kappa shape index (κ2) is 7.61. The molecule has 7 heteroatoms. The van der Waals surface area contributed by atoms with E-state index in [9.17, 15) is 4.79 Å². The number of thiazole rings is 1. The number of pyridine rings is 1. The van der Waals surface area contributed by atoms with E-state index in [1.165, 1.54) is 11.3 Å². The molecule has 4 heterocycles. The fourth-order valence-electron chi connectivity index (χ4n) is 3.36. The Morgan fingerprint density at radius 1 is 1.10 bits per heavy atom. The summed E-state index contributed by atoms with van der Waals surface area (Å²) in [6.45, 7) is 2.01. The Bertz CT molecular complexity index is 1320. The Hall–Kier alpha value is -3.71. The lowest BCUT2D eigenvalue weighted by Gasteiger charge is -2.07. The number of aryl methyl sites for hydroxylation is 1. The first-order valence-electron chi connectivity index (χ1n) is 9.50. The van der Waals surface area contributed by atoms with Gasteiger partial charge in [0.05, 0.1) is 18.4 Å². The van der Waals surface area contributed by atoms with Crippen LogP contribution in [0.15, 0.2) is 76.9 Å². The van der Waals surface area contributed by atoms with Crippen molar-refractivity contribution < 1.29 is 9.21 Å². The summed E-state index contributed by atoms with van der Waals surface area (Å²) in [4.78, 5) is 22.2. The number of amides is 1. The zero-order chi connectivity index (χ0) is 20.5. The molecule has 5 rings (SSSR count). The van der Waals surface area contributed by atoms with Crippen LogP contribution in [0.4, 0.5) is 5.82 Å². The van der Waals surface area contributed by atoms with Crippen molar-refractivity contribution in [2.75, 3.05) is 5.32 Å². The van der Waals surface area contributed by atoms with Crippen LogP contribution < -0.4 is 5.32 Å². The maximum Gasteiger partial charge on any atom is 0.231 e. The third-order valence-electron chi connectivity index (χ3n) is 4.78. The molecule has 1 N–H and O–H groups in total. The van der Waals surface area contributed by atoms with Crippen molar-refractivity contribution in [3.05, 3.63) is 83.7 Å². The number of carbonyl (C=O) groups excluding carboxylic acids is 1. The highest BCUT2D eigenvalue weighted by molar-refractivity contribution is 7.13. The van der Waals surface area contributed by atoms with Crippen molar-refractivity contribution in [2.45, 2.75) is 13.3 Å².